The zero-order valence-corrected chi connectivity index (χ0v) is 20.6. The minimum Gasteiger partial charge on any atom is -0.411 e. The van der Waals surface area contributed by atoms with E-state index >= 15 is 0 Å². The van der Waals surface area contributed by atoms with Gasteiger partial charge in [0.25, 0.3) is 0 Å². The SMILES string of the molecule is CC(C)CCC[C@@H](C)[C@H]1CC[C@H]2[C@@H]3CCC(=NO)[C@](C)(CCCCN)[C@H]3CC[C@]12C. The zero-order chi connectivity index (χ0) is 21.9. The van der Waals surface area contributed by atoms with E-state index in [9.17, 15) is 5.21 Å². The molecule has 3 nitrogen and oxygen atoms in total. The smallest absolute Gasteiger partial charge is 0.0632 e. The molecular weight excluding hydrogens is 368 g/mol. The molecule has 0 radical (unpaired) electrons. The van der Waals surface area contributed by atoms with E-state index in [0.29, 0.717) is 11.3 Å². The van der Waals surface area contributed by atoms with Crippen molar-refractivity contribution in [2.75, 3.05) is 6.54 Å². The first kappa shape index (κ1) is 24.1. The van der Waals surface area contributed by atoms with Crippen molar-refractivity contribution in [3.8, 4) is 0 Å². The number of hydrogen-bond donors (Lipinski definition) is 2. The summed E-state index contributed by atoms with van der Waals surface area (Å²) in [5.74, 6) is 5.01. The molecule has 0 bridgehead atoms. The van der Waals surface area contributed by atoms with Crippen LogP contribution in [0.3, 0.4) is 0 Å². The van der Waals surface area contributed by atoms with Gasteiger partial charge in [-0.15, -0.1) is 0 Å². The first-order valence-electron chi connectivity index (χ1n) is 13.2. The summed E-state index contributed by atoms with van der Waals surface area (Å²) in [7, 11) is 0. The average molecular weight is 419 g/mol. The summed E-state index contributed by atoms with van der Waals surface area (Å²) in [5, 5.41) is 13.7. The van der Waals surface area contributed by atoms with Gasteiger partial charge in [0.05, 0.1) is 5.71 Å². The van der Waals surface area contributed by atoms with Crippen molar-refractivity contribution >= 4 is 5.71 Å². The van der Waals surface area contributed by atoms with Gasteiger partial charge in [0.1, 0.15) is 0 Å². The maximum absolute atomic E-state index is 9.81. The Bertz CT molecular complexity index is 587. The van der Waals surface area contributed by atoms with Crippen LogP contribution in [0.25, 0.3) is 0 Å². The first-order valence-corrected chi connectivity index (χ1v) is 13.2. The number of nitrogens with two attached hydrogens (primary N) is 1. The number of rotatable bonds is 9. The maximum atomic E-state index is 9.81. The highest BCUT2D eigenvalue weighted by molar-refractivity contribution is 5.90. The molecule has 0 saturated heterocycles. The Hall–Kier alpha value is -0.570. The summed E-state index contributed by atoms with van der Waals surface area (Å²) >= 11 is 0. The van der Waals surface area contributed by atoms with E-state index in [2.05, 4.69) is 39.8 Å². The Balaban J connectivity index is 1.73. The first-order chi connectivity index (χ1) is 14.3. The molecule has 174 valence electrons. The fourth-order valence-corrected chi connectivity index (χ4v) is 8.44. The second-order valence-corrected chi connectivity index (χ2v) is 12.2. The third-order valence-electron chi connectivity index (χ3n) is 10.1. The molecule has 3 saturated carbocycles. The Kier molecular flexibility index (Phi) is 7.96. The molecular formula is C27H50N2O. The quantitative estimate of drug-likeness (QED) is 0.235. The highest BCUT2D eigenvalue weighted by Crippen LogP contribution is 2.66. The van der Waals surface area contributed by atoms with Gasteiger partial charge < -0.3 is 10.9 Å². The van der Waals surface area contributed by atoms with Crippen LogP contribution in [0.15, 0.2) is 5.16 Å². The van der Waals surface area contributed by atoms with Crippen molar-refractivity contribution in [2.45, 2.75) is 112 Å². The second-order valence-electron chi connectivity index (χ2n) is 12.2. The van der Waals surface area contributed by atoms with E-state index in [1.807, 2.05) is 0 Å². The molecule has 0 aromatic rings. The average Bonchev–Trinajstić information content (AvgIpc) is 3.05. The van der Waals surface area contributed by atoms with Crippen LogP contribution in [0.5, 0.6) is 0 Å². The second kappa shape index (κ2) is 9.92. The van der Waals surface area contributed by atoms with Crippen molar-refractivity contribution in [1.82, 2.24) is 0 Å². The lowest BCUT2D eigenvalue weighted by Crippen LogP contribution is -2.52. The Labute approximate surface area is 186 Å². The lowest BCUT2D eigenvalue weighted by Gasteiger charge is -2.57. The van der Waals surface area contributed by atoms with Gasteiger partial charge >= 0.3 is 0 Å². The number of unbranched alkanes of at least 4 members (excludes halogenated alkanes) is 1. The van der Waals surface area contributed by atoms with Gasteiger partial charge in [-0.3, -0.25) is 0 Å². The lowest BCUT2D eigenvalue weighted by atomic mass is 9.47. The molecule has 30 heavy (non-hydrogen) atoms. The molecule has 0 aromatic carbocycles. The van der Waals surface area contributed by atoms with E-state index in [0.717, 1.165) is 67.5 Å². The highest BCUT2D eigenvalue weighted by atomic mass is 16.4. The number of nitrogens with zero attached hydrogens (tertiary/aromatic N) is 1. The molecule has 0 heterocycles. The molecule has 0 spiro atoms. The summed E-state index contributed by atoms with van der Waals surface area (Å²) in [6.45, 7) is 13.1. The zero-order valence-electron chi connectivity index (χ0n) is 20.6. The van der Waals surface area contributed by atoms with Gasteiger partial charge in [-0.1, -0.05) is 65.5 Å². The summed E-state index contributed by atoms with van der Waals surface area (Å²) < 4.78 is 0. The molecule has 3 aliphatic rings. The highest BCUT2D eigenvalue weighted by Gasteiger charge is 2.59. The van der Waals surface area contributed by atoms with Gasteiger partial charge in [0, 0.05) is 5.41 Å². The Morgan fingerprint density at radius 3 is 2.43 bits per heavy atom. The lowest BCUT2D eigenvalue weighted by molar-refractivity contribution is -0.0452. The summed E-state index contributed by atoms with van der Waals surface area (Å²) in [6.07, 6.45) is 15.4. The van der Waals surface area contributed by atoms with Crippen LogP contribution in [-0.2, 0) is 0 Å². The topological polar surface area (TPSA) is 58.6 Å². The van der Waals surface area contributed by atoms with Crippen LogP contribution in [0, 0.1) is 46.3 Å². The maximum Gasteiger partial charge on any atom is 0.0632 e. The minimum atomic E-state index is 0.0785. The number of hydrogen-bond acceptors (Lipinski definition) is 3. The van der Waals surface area contributed by atoms with Gasteiger partial charge in [-0.2, -0.15) is 0 Å². The Morgan fingerprint density at radius 2 is 1.77 bits per heavy atom. The van der Waals surface area contributed by atoms with Gasteiger partial charge in [0.2, 0.25) is 0 Å². The van der Waals surface area contributed by atoms with E-state index in [-0.39, 0.29) is 5.41 Å². The molecule has 3 fully saturated rings. The van der Waals surface area contributed by atoms with Crippen LogP contribution in [-0.4, -0.2) is 17.5 Å². The molecule has 0 amide bonds. The molecule has 3 rings (SSSR count). The van der Waals surface area contributed by atoms with E-state index in [1.165, 1.54) is 51.4 Å². The van der Waals surface area contributed by atoms with Crippen molar-refractivity contribution in [2.24, 2.45) is 57.2 Å². The summed E-state index contributed by atoms with van der Waals surface area (Å²) in [4.78, 5) is 0. The normalized spacial score (nSPS) is 41.1. The molecule has 3 aliphatic carbocycles. The van der Waals surface area contributed by atoms with Crippen LogP contribution in [0.4, 0.5) is 0 Å². The predicted octanol–water partition coefficient (Wildman–Crippen LogP) is 7.27. The fourth-order valence-electron chi connectivity index (χ4n) is 8.44. The van der Waals surface area contributed by atoms with Gasteiger partial charge in [0.15, 0.2) is 0 Å². The largest absolute Gasteiger partial charge is 0.411 e. The third kappa shape index (κ3) is 4.48. The van der Waals surface area contributed by atoms with Gasteiger partial charge in [-0.05, 0) is 98.8 Å². The fraction of sp³-hybridized carbons (Fsp3) is 0.963. The van der Waals surface area contributed by atoms with Crippen LogP contribution >= 0.6 is 0 Å². The molecule has 3 heteroatoms. The van der Waals surface area contributed by atoms with E-state index < -0.39 is 0 Å². The minimum absolute atomic E-state index is 0.0785. The predicted molar refractivity (Wildman–Crippen MR) is 128 cm³/mol. The van der Waals surface area contributed by atoms with Gasteiger partial charge in [-0.25, -0.2) is 0 Å². The standard InChI is InChI=1S/C27H50N2O/c1-19(2)9-8-10-20(3)22-12-13-23-21-11-14-25(29-30)27(5,16-6-7-18-28)24(21)15-17-26(22,23)4/h19-24,30H,6-18,28H2,1-5H3/t20-,21+,22-,23+,24+,26-,27-/m1/s1. The van der Waals surface area contributed by atoms with E-state index in [4.69, 9.17) is 5.73 Å². The molecule has 0 aliphatic heterocycles. The van der Waals surface area contributed by atoms with Crippen molar-refractivity contribution in [3.05, 3.63) is 0 Å². The monoisotopic (exact) mass is 418 g/mol. The van der Waals surface area contributed by atoms with Crippen molar-refractivity contribution in [1.29, 1.82) is 0 Å². The summed E-state index contributed by atoms with van der Waals surface area (Å²) in [6, 6.07) is 0. The number of fused-ring (bicyclic) bond motifs is 3. The summed E-state index contributed by atoms with van der Waals surface area (Å²) in [5.41, 5.74) is 7.48. The molecule has 3 N–H and O–H groups in total. The van der Waals surface area contributed by atoms with Crippen LogP contribution in [0.1, 0.15) is 112 Å². The van der Waals surface area contributed by atoms with Crippen LogP contribution < -0.4 is 5.73 Å². The molecule has 0 unspecified atom stereocenters. The van der Waals surface area contributed by atoms with Crippen molar-refractivity contribution in [3.63, 3.8) is 0 Å². The van der Waals surface area contributed by atoms with Crippen LogP contribution in [0.2, 0.25) is 0 Å². The Morgan fingerprint density at radius 1 is 1.00 bits per heavy atom. The van der Waals surface area contributed by atoms with E-state index in [1.54, 1.807) is 0 Å². The number of oxime groups is 1. The molecule has 0 aromatic heterocycles. The molecule has 7 atom stereocenters. The third-order valence-corrected chi connectivity index (χ3v) is 10.1. The van der Waals surface area contributed by atoms with Crippen molar-refractivity contribution < 1.29 is 5.21 Å².